The van der Waals surface area contributed by atoms with Crippen LogP contribution in [0.25, 0.3) is 0 Å². The van der Waals surface area contributed by atoms with E-state index >= 15 is 0 Å². The predicted octanol–water partition coefficient (Wildman–Crippen LogP) is 2.30. The number of carbonyl (C=O) groups is 1. The Morgan fingerprint density at radius 2 is 1.93 bits per heavy atom. The van der Waals surface area contributed by atoms with Crippen LogP contribution in [0.1, 0.15) is 43.7 Å². The Morgan fingerprint density at radius 3 is 2.80 bits per heavy atom. The van der Waals surface area contributed by atoms with Gasteiger partial charge in [0.25, 0.3) is 5.91 Å². The molecular weight excluding hydrogens is 380 g/mol. The molecule has 4 atom stereocenters. The Bertz CT molecular complexity index is 919. The zero-order valence-electron chi connectivity index (χ0n) is 17.1. The molecule has 2 aliphatic heterocycles. The van der Waals surface area contributed by atoms with Gasteiger partial charge in [0.1, 0.15) is 6.04 Å². The third-order valence-electron chi connectivity index (χ3n) is 6.99. The lowest BCUT2D eigenvalue weighted by atomic mass is 9.66. The van der Waals surface area contributed by atoms with Crippen LogP contribution in [0.2, 0.25) is 0 Å². The average molecular weight is 410 g/mol. The van der Waals surface area contributed by atoms with E-state index in [1.165, 1.54) is 4.90 Å². The van der Waals surface area contributed by atoms with Crippen molar-refractivity contribution in [3.63, 3.8) is 0 Å². The summed E-state index contributed by atoms with van der Waals surface area (Å²) in [6.45, 7) is 1.39. The smallest absolute Gasteiger partial charge is 0.279 e. The lowest BCUT2D eigenvalue weighted by Gasteiger charge is -2.50. The number of rotatable bonds is 4. The van der Waals surface area contributed by atoms with Gasteiger partial charge in [-0.3, -0.25) is 4.79 Å². The minimum absolute atomic E-state index is 0.00296. The lowest BCUT2D eigenvalue weighted by molar-refractivity contribution is -0.937. The fraction of sp³-hybridized carbons (Fsp3) is 0.458. The summed E-state index contributed by atoms with van der Waals surface area (Å²) in [6, 6.07) is 15.7. The number of amides is 1. The molecule has 2 aromatic rings. The van der Waals surface area contributed by atoms with Gasteiger partial charge in [-0.2, -0.15) is 0 Å². The molecule has 1 amide bonds. The number of para-hydroxylation sites is 1. The predicted molar refractivity (Wildman–Crippen MR) is 113 cm³/mol. The quantitative estimate of drug-likeness (QED) is 0.725. The monoisotopic (exact) mass is 409 g/mol. The van der Waals surface area contributed by atoms with Crippen molar-refractivity contribution in [2.45, 2.75) is 43.7 Å². The van der Waals surface area contributed by atoms with Crippen molar-refractivity contribution in [2.75, 3.05) is 25.2 Å². The van der Waals surface area contributed by atoms with Crippen LogP contribution in [0.3, 0.4) is 0 Å². The highest BCUT2D eigenvalue weighted by molar-refractivity contribution is 5.91. The van der Waals surface area contributed by atoms with E-state index in [1.807, 2.05) is 42.5 Å². The van der Waals surface area contributed by atoms with Crippen LogP contribution < -0.4 is 19.7 Å². The molecule has 2 fully saturated rings. The molecular formula is C24H29N2O4+. The highest BCUT2D eigenvalue weighted by Gasteiger charge is 2.52. The van der Waals surface area contributed by atoms with Crippen molar-refractivity contribution in [3.05, 3.63) is 54.1 Å². The largest absolute Gasteiger partial charge is 0.454 e. The van der Waals surface area contributed by atoms with Gasteiger partial charge >= 0.3 is 0 Å². The molecule has 3 N–H and O–H groups in total. The van der Waals surface area contributed by atoms with Crippen molar-refractivity contribution in [3.8, 4) is 11.5 Å². The van der Waals surface area contributed by atoms with Crippen LogP contribution in [0, 0.1) is 5.92 Å². The zero-order chi connectivity index (χ0) is 20.6. The summed E-state index contributed by atoms with van der Waals surface area (Å²) in [6.07, 6.45) is 4.77. The number of benzene rings is 2. The van der Waals surface area contributed by atoms with E-state index < -0.39 is 5.60 Å². The van der Waals surface area contributed by atoms with Gasteiger partial charge in [-0.15, -0.1) is 0 Å². The van der Waals surface area contributed by atoms with Gasteiger partial charge in [-0.05, 0) is 43.2 Å². The summed E-state index contributed by atoms with van der Waals surface area (Å²) in [5.74, 6) is 1.66. The number of hydrogen-bond acceptors (Lipinski definition) is 4. The minimum Gasteiger partial charge on any atom is -0.454 e. The summed E-state index contributed by atoms with van der Waals surface area (Å²) in [4.78, 5) is 14.1. The fourth-order valence-corrected chi connectivity index (χ4v) is 5.56. The normalized spacial score (nSPS) is 29.8. The van der Waals surface area contributed by atoms with Gasteiger partial charge in [-0.1, -0.05) is 31.0 Å². The number of ether oxygens (including phenoxy) is 2. The first kappa shape index (κ1) is 19.4. The first-order chi connectivity index (χ1) is 14.6. The Kier molecular flexibility index (Phi) is 5.13. The van der Waals surface area contributed by atoms with Crippen LogP contribution in [0.5, 0.6) is 11.5 Å². The van der Waals surface area contributed by atoms with E-state index in [-0.39, 0.29) is 24.7 Å². The van der Waals surface area contributed by atoms with E-state index in [0.29, 0.717) is 6.54 Å². The Labute approximate surface area is 176 Å². The third kappa shape index (κ3) is 3.66. The summed E-state index contributed by atoms with van der Waals surface area (Å²) in [7, 11) is 0. The first-order valence-corrected chi connectivity index (χ1v) is 10.9. The molecule has 0 bridgehead atoms. The second-order valence-electron chi connectivity index (χ2n) is 8.80. The van der Waals surface area contributed by atoms with E-state index in [1.54, 1.807) is 0 Å². The number of anilines is 1. The summed E-state index contributed by atoms with van der Waals surface area (Å²) in [5, 5.41) is 14.5. The Morgan fingerprint density at radius 1 is 1.10 bits per heavy atom. The second-order valence-corrected chi connectivity index (χ2v) is 8.80. The molecule has 3 aliphatic rings. The van der Waals surface area contributed by atoms with Crippen LogP contribution >= 0.6 is 0 Å². The maximum absolute atomic E-state index is 12.8. The van der Waals surface area contributed by atoms with Gasteiger partial charge in [0.05, 0.1) is 12.1 Å². The van der Waals surface area contributed by atoms with Crippen molar-refractivity contribution in [1.29, 1.82) is 0 Å². The van der Waals surface area contributed by atoms with Crippen LogP contribution in [0.15, 0.2) is 48.5 Å². The molecule has 30 heavy (non-hydrogen) atoms. The van der Waals surface area contributed by atoms with Gasteiger partial charge in [0, 0.05) is 23.6 Å². The van der Waals surface area contributed by atoms with Crippen LogP contribution in [-0.4, -0.2) is 36.5 Å². The van der Waals surface area contributed by atoms with Crippen LogP contribution in [0.4, 0.5) is 5.69 Å². The number of fused-ring (bicyclic) bond motifs is 2. The first-order valence-electron chi connectivity index (χ1n) is 10.9. The highest BCUT2D eigenvalue weighted by atomic mass is 16.7. The number of nitrogens with one attached hydrogen (secondary N) is 2. The topological polar surface area (TPSA) is 72.2 Å². The fourth-order valence-electron chi connectivity index (χ4n) is 5.56. The molecule has 0 spiro atoms. The molecule has 0 radical (unpaired) electrons. The molecule has 1 unspecified atom stereocenters. The maximum Gasteiger partial charge on any atom is 0.279 e. The molecule has 158 valence electrons. The minimum atomic E-state index is -0.640. The number of carbonyl (C=O) groups excluding carboxylic acids is 1. The molecule has 5 rings (SSSR count). The molecule has 6 heteroatoms. The summed E-state index contributed by atoms with van der Waals surface area (Å²) < 4.78 is 11.1. The number of hydrogen-bond donors (Lipinski definition) is 3. The van der Waals surface area contributed by atoms with E-state index in [9.17, 15) is 9.90 Å². The number of quaternary nitrogens is 1. The standard InChI is InChI=1S/C24H28N2O4/c27-22(25-18-6-2-1-3-7-18)15-26-13-12-24(28)11-5-4-8-19(24)23(26)17-9-10-20-21(14-17)30-16-29-20/h1-3,6-7,9-10,14,19,23,28H,4-5,8,11-13,15-16H2,(H,25,27)/p+1/t19-,23-,24-/m0/s1. The summed E-state index contributed by atoms with van der Waals surface area (Å²) in [5.41, 5.74) is 1.29. The number of likely N-dealkylation sites (tertiary alicyclic amines) is 1. The Hall–Kier alpha value is -2.57. The number of aliphatic hydroxyl groups is 1. The van der Waals surface area contributed by atoms with Gasteiger partial charge in [0.15, 0.2) is 18.0 Å². The SMILES string of the molecule is O=C(C[NH+]1CC[C@@]2(O)CCCC[C@H]2[C@@H]1c1ccc2c(c1)OCO2)Nc1ccccc1. The maximum atomic E-state index is 12.8. The van der Waals surface area contributed by atoms with Crippen LogP contribution in [-0.2, 0) is 4.79 Å². The van der Waals surface area contributed by atoms with Gasteiger partial charge < -0.3 is 24.8 Å². The molecule has 1 aliphatic carbocycles. The molecule has 1 saturated heterocycles. The molecule has 2 heterocycles. The van der Waals surface area contributed by atoms with E-state index in [2.05, 4.69) is 11.4 Å². The van der Waals surface area contributed by atoms with Gasteiger partial charge in [-0.25, -0.2) is 0 Å². The lowest BCUT2D eigenvalue weighted by Crippen LogP contribution is -3.16. The van der Waals surface area contributed by atoms with E-state index in [4.69, 9.17) is 9.47 Å². The molecule has 0 aromatic heterocycles. The molecule has 2 aromatic carbocycles. The Balaban J connectivity index is 1.42. The van der Waals surface area contributed by atoms with Gasteiger partial charge in [0.2, 0.25) is 6.79 Å². The van der Waals surface area contributed by atoms with Crippen molar-refractivity contribution < 1.29 is 24.3 Å². The summed E-state index contributed by atoms with van der Waals surface area (Å²) >= 11 is 0. The average Bonchev–Trinajstić information content (AvgIpc) is 3.22. The molecule has 1 saturated carbocycles. The zero-order valence-corrected chi connectivity index (χ0v) is 17.1. The second kappa shape index (κ2) is 7.93. The molecule has 6 nitrogen and oxygen atoms in total. The van der Waals surface area contributed by atoms with Crippen molar-refractivity contribution in [1.82, 2.24) is 0 Å². The third-order valence-corrected chi connectivity index (χ3v) is 6.99. The van der Waals surface area contributed by atoms with Crippen molar-refractivity contribution >= 4 is 11.6 Å². The highest BCUT2D eigenvalue weighted by Crippen LogP contribution is 2.45. The number of piperidine rings is 1. The van der Waals surface area contributed by atoms with E-state index in [0.717, 1.165) is 61.4 Å². The van der Waals surface area contributed by atoms with Crippen molar-refractivity contribution in [2.24, 2.45) is 5.92 Å².